The summed E-state index contributed by atoms with van der Waals surface area (Å²) in [5, 5.41) is 14.9. The van der Waals surface area contributed by atoms with Crippen LogP contribution in [0, 0.1) is 6.92 Å². The summed E-state index contributed by atoms with van der Waals surface area (Å²) in [5.41, 5.74) is 2.57. The molecule has 3 nitrogen and oxygen atoms in total. The van der Waals surface area contributed by atoms with Gasteiger partial charge in [-0.1, -0.05) is 23.7 Å². The molecule has 0 saturated heterocycles. The number of benzene rings is 1. The minimum Gasteiger partial charge on any atom is -0.384 e. The first kappa shape index (κ1) is 11.2. The summed E-state index contributed by atoms with van der Waals surface area (Å²) in [6, 6.07) is 5.51. The van der Waals surface area contributed by atoms with Gasteiger partial charge in [0.25, 0.3) is 0 Å². The van der Waals surface area contributed by atoms with Crippen LogP contribution in [0.5, 0.6) is 0 Å². The van der Waals surface area contributed by atoms with Crippen molar-refractivity contribution in [2.45, 2.75) is 13.0 Å². The van der Waals surface area contributed by atoms with Gasteiger partial charge in [-0.05, 0) is 24.1 Å². The second-order valence-electron chi connectivity index (χ2n) is 3.86. The number of aliphatic hydroxyl groups excluding tert-OH is 1. The highest BCUT2D eigenvalue weighted by Gasteiger charge is 2.12. The molecule has 0 radical (unpaired) electrons. The van der Waals surface area contributed by atoms with Gasteiger partial charge in [0, 0.05) is 23.8 Å². The molecule has 0 aliphatic heterocycles. The largest absolute Gasteiger partial charge is 0.384 e. The first-order chi connectivity index (χ1) is 7.58. The summed E-state index contributed by atoms with van der Waals surface area (Å²) in [6.45, 7) is 1.92. The maximum absolute atomic E-state index is 10.1. The monoisotopic (exact) mass is 236 g/mol. The zero-order chi connectivity index (χ0) is 11.7. The Bertz CT molecular complexity index is 507. The molecular formula is C12H13ClN2O. The first-order valence-electron chi connectivity index (χ1n) is 5.00. The zero-order valence-corrected chi connectivity index (χ0v) is 9.94. The minimum absolute atomic E-state index is 0.648. The third kappa shape index (κ3) is 2.10. The number of hydrogen-bond donors (Lipinski definition) is 1. The molecule has 84 valence electrons. The van der Waals surface area contributed by atoms with Crippen LogP contribution < -0.4 is 0 Å². The molecule has 0 saturated carbocycles. The van der Waals surface area contributed by atoms with Crippen molar-refractivity contribution < 1.29 is 5.11 Å². The van der Waals surface area contributed by atoms with Crippen LogP contribution in [0.2, 0.25) is 5.02 Å². The Kier molecular flexibility index (Phi) is 2.99. The molecule has 0 amide bonds. The third-order valence-corrected chi connectivity index (χ3v) is 2.96. The van der Waals surface area contributed by atoms with Crippen LogP contribution in [0.1, 0.15) is 22.8 Å². The van der Waals surface area contributed by atoms with Gasteiger partial charge in [0.05, 0.1) is 6.20 Å². The third-order valence-electron chi connectivity index (χ3n) is 2.54. The Balaban J connectivity index is 2.33. The first-order valence-corrected chi connectivity index (χ1v) is 5.38. The van der Waals surface area contributed by atoms with E-state index in [1.807, 2.05) is 26.1 Å². The summed E-state index contributed by atoms with van der Waals surface area (Å²) in [4.78, 5) is 0. The normalized spacial score (nSPS) is 12.8. The fourth-order valence-corrected chi connectivity index (χ4v) is 1.73. The molecule has 0 aliphatic rings. The van der Waals surface area contributed by atoms with Gasteiger partial charge >= 0.3 is 0 Å². The SMILES string of the molecule is Cc1cc(C(O)c2cnn(C)c2)ccc1Cl. The molecule has 1 N–H and O–H groups in total. The summed E-state index contributed by atoms with van der Waals surface area (Å²) in [5.74, 6) is 0. The molecule has 0 fully saturated rings. The van der Waals surface area contributed by atoms with Crippen LogP contribution in [0.25, 0.3) is 0 Å². The standard InChI is InChI=1S/C12H13ClN2O/c1-8-5-9(3-4-11(8)13)12(16)10-6-14-15(2)7-10/h3-7,12,16H,1-2H3. The van der Waals surface area contributed by atoms with E-state index in [0.29, 0.717) is 5.02 Å². The van der Waals surface area contributed by atoms with Gasteiger partial charge in [-0.2, -0.15) is 5.10 Å². The molecule has 2 aromatic rings. The van der Waals surface area contributed by atoms with Gasteiger partial charge in [-0.3, -0.25) is 4.68 Å². The van der Waals surface area contributed by atoms with E-state index in [1.165, 1.54) is 0 Å². The van der Waals surface area contributed by atoms with Crippen molar-refractivity contribution in [2.24, 2.45) is 7.05 Å². The fraction of sp³-hybridized carbons (Fsp3) is 0.250. The average molecular weight is 237 g/mol. The molecule has 0 aliphatic carbocycles. The van der Waals surface area contributed by atoms with Gasteiger partial charge in [-0.25, -0.2) is 0 Å². The summed E-state index contributed by atoms with van der Waals surface area (Å²) >= 11 is 5.94. The molecule has 1 heterocycles. The highest BCUT2D eigenvalue weighted by molar-refractivity contribution is 6.31. The smallest absolute Gasteiger partial charge is 0.107 e. The number of aliphatic hydroxyl groups is 1. The van der Waals surface area contributed by atoms with E-state index in [4.69, 9.17) is 11.6 Å². The molecule has 2 rings (SSSR count). The van der Waals surface area contributed by atoms with Gasteiger partial charge < -0.3 is 5.11 Å². The molecule has 1 atom stereocenters. The molecule has 1 aromatic heterocycles. The molecule has 0 spiro atoms. The number of aryl methyl sites for hydroxylation is 2. The Morgan fingerprint density at radius 1 is 1.38 bits per heavy atom. The van der Waals surface area contributed by atoms with E-state index < -0.39 is 6.10 Å². The number of rotatable bonds is 2. The Hall–Kier alpha value is -1.32. The Labute approximate surface area is 99.3 Å². The summed E-state index contributed by atoms with van der Waals surface area (Å²) in [6.07, 6.45) is 2.81. The number of aromatic nitrogens is 2. The molecule has 16 heavy (non-hydrogen) atoms. The molecule has 4 heteroatoms. The van der Waals surface area contributed by atoms with E-state index in [-0.39, 0.29) is 0 Å². The van der Waals surface area contributed by atoms with Crippen molar-refractivity contribution in [3.63, 3.8) is 0 Å². The van der Waals surface area contributed by atoms with Crippen molar-refractivity contribution in [1.82, 2.24) is 9.78 Å². The van der Waals surface area contributed by atoms with Crippen LogP contribution in [0.15, 0.2) is 30.6 Å². The molecule has 1 unspecified atom stereocenters. The lowest BCUT2D eigenvalue weighted by Crippen LogP contribution is -1.98. The topological polar surface area (TPSA) is 38.1 Å². The molecule has 0 bridgehead atoms. The maximum atomic E-state index is 10.1. The Morgan fingerprint density at radius 3 is 2.69 bits per heavy atom. The highest BCUT2D eigenvalue weighted by Crippen LogP contribution is 2.25. The van der Waals surface area contributed by atoms with Crippen molar-refractivity contribution >= 4 is 11.6 Å². The van der Waals surface area contributed by atoms with Gasteiger partial charge in [0.15, 0.2) is 0 Å². The predicted octanol–water partition coefficient (Wildman–Crippen LogP) is 2.46. The van der Waals surface area contributed by atoms with Crippen LogP contribution in [-0.4, -0.2) is 14.9 Å². The van der Waals surface area contributed by atoms with Gasteiger partial charge in [-0.15, -0.1) is 0 Å². The fourth-order valence-electron chi connectivity index (χ4n) is 1.61. The van der Waals surface area contributed by atoms with Crippen molar-refractivity contribution in [3.05, 3.63) is 52.3 Å². The van der Waals surface area contributed by atoms with Crippen molar-refractivity contribution in [3.8, 4) is 0 Å². The van der Waals surface area contributed by atoms with E-state index in [1.54, 1.807) is 23.1 Å². The van der Waals surface area contributed by atoms with Crippen molar-refractivity contribution in [1.29, 1.82) is 0 Å². The number of halogens is 1. The van der Waals surface area contributed by atoms with Gasteiger partial charge in [0.1, 0.15) is 6.10 Å². The number of nitrogens with zero attached hydrogens (tertiary/aromatic N) is 2. The average Bonchev–Trinajstić information content (AvgIpc) is 2.68. The van der Waals surface area contributed by atoms with Crippen LogP contribution in [-0.2, 0) is 7.05 Å². The predicted molar refractivity (Wildman–Crippen MR) is 63.5 cm³/mol. The lowest BCUT2D eigenvalue weighted by Gasteiger charge is -2.10. The lowest BCUT2D eigenvalue weighted by molar-refractivity contribution is 0.220. The van der Waals surface area contributed by atoms with E-state index in [0.717, 1.165) is 16.7 Å². The second kappa shape index (κ2) is 4.28. The quantitative estimate of drug-likeness (QED) is 0.870. The van der Waals surface area contributed by atoms with E-state index >= 15 is 0 Å². The Morgan fingerprint density at radius 2 is 2.12 bits per heavy atom. The van der Waals surface area contributed by atoms with Crippen LogP contribution in [0.3, 0.4) is 0 Å². The summed E-state index contributed by atoms with van der Waals surface area (Å²) < 4.78 is 1.67. The highest BCUT2D eigenvalue weighted by atomic mass is 35.5. The second-order valence-corrected chi connectivity index (χ2v) is 4.27. The van der Waals surface area contributed by atoms with E-state index in [2.05, 4.69) is 5.10 Å². The van der Waals surface area contributed by atoms with E-state index in [9.17, 15) is 5.11 Å². The maximum Gasteiger partial charge on any atom is 0.107 e. The number of hydrogen-bond acceptors (Lipinski definition) is 2. The van der Waals surface area contributed by atoms with Crippen molar-refractivity contribution in [2.75, 3.05) is 0 Å². The molecular weight excluding hydrogens is 224 g/mol. The van der Waals surface area contributed by atoms with Crippen LogP contribution >= 0.6 is 11.6 Å². The van der Waals surface area contributed by atoms with Gasteiger partial charge in [0.2, 0.25) is 0 Å². The van der Waals surface area contributed by atoms with Crippen LogP contribution in [0.4, 0.5) is 0 Å². The minimum atomic E-state index is -0.648. The zero-order valence-electron chi connectivity index (χ0n) is 9.18. The summed E-state index contributed by atoms with van der Waals surface area (Å²) in [7, 11) is 1.82. The molecule has 1 aromatic carbocycles. The lowest BCUT2D eigenvalue weighted by atomic mass is 10.0.